The summed E-state index contributed by atoms with van der Waals surface area (Å²) in [7, 11) is 0. The average molecular weight is 522 g/mol. The molecular formula is C29H25Cl2NO4. The van der Waals surface area contributed by atoms with Gasteiger partial charge in [-0.1, -0.05) is 76.9 Å². The molecule has 0 unspecified atom stereocenters. The smallest absolute Gasteiger partial charge is 0.313 e. The van der Waals surface area contributed by atoms with Crippen molar-refractivity contribution in [3.63, 3.8) is 0 Å². The molecule has 0 atom stereocenters. The zero-order valence-electron chi connectivity index (χ0n) is 19.9. The van der Waals surface area contributed by atoms with E-state index in [0.717, 1.165) is 40.9 Å². The minimum Gasteiger partial charge on any atom is -0.488 e. The molecule has 1 aliphatic rings. The van der Waals surface area contributed by atoms with Crippen molar-refractivity contribution in [2.75, 3.05) is 0 Å². The number of aromatic nitrogens is 1. The van der Waals surface area contributed by atoms with Gasteiger partial charge in [-0.25, -0.2) is 0 Å². The SMILES string of the molecule is CC(C)(C(=O)O)c1ccc(-c2ccccc2OCc2c(-c3c(Cl)cccc3Cl)noc2C2CC2)cc1. The van der Waals surface area contributed by atoms with Crippen molar-refractivity contribution >= 4 is 29.2 Å². The molecular weight excluding hydrogens is 497 g/mol. The number of ether oxygens (including phenoxy) is 1. The summed E-state index contributed by atoms with van der Waals surface area (Å²) in [4.78, 5) is 11.6. The first kappa shape index (κ1) is 24.4. The average Bonchev–Trinajstić information content (AvgIpc) is 3.63. The van der Waals surface area contributed by atoms with Gasteiger partial charge in [0.1, 0.15) is 23.8 Å². The van der Waals surface area contributed by atoms with Crippen LogP contribution in [-0.2, 0) is 16.8 Å². The molecule has 3 aromatic carbocycles. The molecule has 5 rings (SSSR count). The number of carboxylic acid groups (broad SMARTS) is 1. The summed E-state index contributed by atoms with van der Waals surface area (Å²) in [5, 5.41) is 14.9. The number of rotatable bonds is 8. The molecule has 0 radical (unpaired) electrons. The van der Waals surface area contributed by atoms with Gasteiger partial charge in [-0.05, 0) is 56.0 Å². The van der Waals surface area contributed by atoms with Crippen LogP contribution in [-0.4, -0.2) is 16.2 Å². The van der Waals surface area contributed by atoms with Crippen molar-refractivity contribution in [2.24, 2.45) is 0 Å². The number of hydrogen-bond acceptors (Lipinski definition) is 4. The first-order valence-electron chi connectivity index (χ1n) is 11.8. The number of para-hydroxylation sites is 1. The maximum Gasteiger partial charge on any atom is 0.313 e. The predicted octanol–water partition coefficient (Wildman–Crippen LogP) is 8.13. The van der Waals surface area contributed by atoms with Gasteiger partial charge in [0.25, 0.3) is 0 Å². The van der Waals surface area contributed by atoms with Crippen LogP contribution in [0.1, 0.15) is 49.5 Å². The van der Waals surface area contributed by atoms with Crippen LogP contribution in [0.4, 0.5) is 0 Å². The number of halogens is 2. The lowest BCUT2D eigenvalue weighted by molar-refractivity contribution is -0.142. The second-order valence-electron chi connectivity index (χ2n) is 9.54. The first-order valence-corrected chi connectivity index (χ1v) is 12.5. The topological polar surface area (TPSA) is 72.6 Å². The zero-order valence-corrected chi connectivity index (χ0v) is 21.4. The van der Waals surface area contributed by atoms with Gasteiger partial charge in [0, 0.05) is 17.0 Å². The molecule has 184 valence electrons. The summed E-state index contributed by atoms with van der Waals surface area (Å²) < 4.78 is 12.1. The maximum absolute atomic E-state index is 11.6. The van der Waals surface area contributed by atoms with Gasteiger partial charge >= 0.3 is 5.97 Å². The van der Waals surface area contributed by atoms with E-state index in [-0.39, 0.29) is 6.61 Å². The van der Waals surface area contributed by atoms with Crippen LogP contribution in [0.15, 0.2) is 71.3 Å². The van der Waals surface area contributed by atoms with Crippen molar-refractivity contribution < 1.29 is 19.2 Å². The van der Waals surface area contributed by atoms with E-state index < -0.39 is 11.4 Å². The Morgan fingerprint density at radius 2 is 1.69 bits per heavy atom. The molecule has 1 fully saturated rings. The number of hydrogen-bond donors (Lipinski definition) is 1. The van der Waals surface area contributed by atoms with Crippen LogP contribution in [0.5, 0.6) is 5.75 Å². The van der Waals surface area contributed by atoms with E-state index in [0.29, 0.717) is 33.0 Å². The number of carbonyl (C=O) groups is 1. The zero-order chi connectivity index (χ0) is 25.4. The van der Waals surface area contributed by atoms with Crippen molar-refractivity contribution in [1.29, 1.82) is 0 Å². The van der Waals surface area contributed by atoms with E-state index in [2.05, 4.69) is 5.16 Å². The minimum absolute atomic E-state index is 0.243. The third-order valence-electron chi connectivity index (χ3n) is 6.68. The maximum atomic E-state index is 11.6. The summed E-state index contributed by atoms with van der Waals surface area (Å²) in [6.07, 6.45) is 2.10. The summed E-state index contributed by atoms with van der Waals surface area (Å²) in [5.41, 5.74) is 3.68. The summed E-state index contributed by atoms with van der Waals surface area (Å²) in [6, 6.07) is 20.7. The normalized spacial score (nSPS) is 13.6. The molecule has 0 amide bonds. The van der Waals surface area contributed by atoms with Crippen LogP contribution in [0.2, 0.25) is 10.0 Å². The van der Waals surface area contributed by atoms with Crippen molar-refractivity contribution in [2.45, 2.75) is 44.6 Å². The molecule has 1 saturated carbocycles. The van der Waals surface area contributed by atoms with E-state index in [4.69, 9.17) is 32.5 Å². The fourth-order valence-electron chi connectivity index (χ4n) is 4.22. The Kier molecular flexibility index (Phi) is 6.54. The van der Waals surface area contributed by atoms with Crippen LogP contribution < -0.4 is 4.74 Å². The molecule has 7 heteroatoms. The van der Waals surface area contributed by atoms with E-state index in [1.807, 2.05) is 48.5 Å². The Labute approximate surface area is 219 Å². The summed E-state index contributed by atoms with van der Waals surface area (Å²) >= 11 is 13.0. The van der Waals surface area contributed by atoms with Gasteiger partial charge in [0.15, 0.2) is 0 Å². The summed E-state index contributed by atoms with van der Waals surface area (Å²) in [5.74, 6) is 0.973. The monoisotopic (exact) mass is 521 g/mol. The Hall–Kier alpha value is -3.28. The molecule has 0 saturated heterocycles. The highest BCUT2D eigenvalue weighted by atomic mass is 35.5. The van der Waals surface area contributed by atoms with Gasteiger partial charge in [-0.15, -0.1) is 0 Å². The van der Waals surface area contributed by atoms with Crippen LogP contribution in [0.3, 0.4) is 0 Å². The van der Waals surface area contributed by atoms with Crippen LogP contribution in [0, 0.1) is 0 Å². The fraction of sp³-hybridized carbons (Fsp3) is 0.241. The van der Waals surface area contributed by atoms with Gasteiger partial charge < -0.3 is 14.4 Å². The van der Waals surface area contributed by atoms with Gasteiger partial charge in [0.2, 0.25) is 0 Å². The molecule has 1 aromatic heterocycles. The third-order valence-corrected chi connectivity index (χ3v) is 7.31. The highest BCUT2D eigenvalue weighted by molar-refractivity contribution is 6.39. The van der Waals surface area contributed by atoms with Crippen molar-refractivity contribution in [3.05, 3.63) is 93.7 Å². The molecule has 0 spiro atoms. The molecule has 0 aliphatic heterocycles. The molecule has 36 heavy (non-hydrogen) atoms. The molecule has 5 nitrogen and oxygen atoms in total. The van der Waals surface area contributed by atoms with E-state index in [1.165, 1.54) is 0 Å². The van der Waals surface area contributed by atoms with Crippen molar-refractivity contribution in [1.82, 2.24) is 5.16 Å². The Morgan fingerprint density at radius 1 is 1.03 bits per heavy atom. The quantitative estimate of drug-likeness (QED) is 0.253. The molecule has 0 bridgehead atoms. The Morgan fingerprint density at radius 3 is 2.33 bits per heavy atom. The number of carboxylic acids is 1. The van der Waals surface area contributed by atoms with Gasteiger partial charge in [0.05, 0.1) is 21.0 Å². The number of benzene rings is 3. The lowest BCUT2D eigenvalue weighted by atomic mass is 9.84. The Bertz CT molecular complexity index is 1400. The largest absolute Gasteiger partial charge is 0.488 e. The Balaban J connectivity index is 1.46. The molecule has 1 N–H and O–H groups in total. The lowest BCUT2D eigenvalue weighted by Gasteiger charge is -2.20. The van der Waals surface area contributed by atoms with E-state index in [9.17, 15) is 9.90 Å². The second-order valence-corrected chi connectivity index (χ2v) is 10.4. The van der Waals surface area contributed by atoms with Crippen LogP contribution in [0.25, 0.3) is 22.4 Å². The predicted molar refractivity (Wildman–Crippen MR) is 141 cm³/mol. The van der Waals surface area contributed by atoms with Gasteiger partial charge in [-0.3, -0.25) is 4.79 Å². The number of aliphatic carboxylic acids is 1. The summed E-state index contributed by atoms with van der Waals surface area (Å²) in [6.45, 7) is 3.63. The second kappa shape index (κ2) is 9.64. The van der Waals surface area contributed by atoms with Crippen molar-refractivity contribution in [3.8, 4) is 28.1 Å². The number of nitrogens with zero attached hydrogens (tertiary/aromatic N) is 1. The molecule has 4 aromatic rings. The van der Waals surface area contributed by atoms with Gasteiger partial charge in [-0.2, -0.15) is 0 Å². The standard InChI is InChI=1S/C29H25Cl2NO4/c1-29(2,28(33)34)19-14-12-17(13-15-19)20-6-3-4-9-24(20)35-16-21-26(32-36-27(21)18-10-11-18)25-22(30)7-5-8-23(25)31/h3-9,12-15,18H,10-11,16H2,1-2H3,(H,33,34). The lowest BCUT2D eigenvalue weighted by Crippen LogP contribution is -2.28. The highest BCUT2D eigenvalue weighted by Gasteiger charge is 2.34. The minimum atomic E-state index is -0.974. The molecule has 1 aliphatic carbocycles. The molecule has 1 heterocycles. The fourth-order valence-corrected chi connectivity index (χ4v) is 4.80. The van der Waals surface area contributed by atoms with E-state index >= 15 is 0 Å². The first-order chi connectivity index (χ1) is 17.3. The third kappa shape index (κ3) is 4.61. The highest BCUT2D eigenvalue weighted by Crippen LogP contribution is 2.46. The van der Waals surface area contributed by atoms with Crippen LogP contribution >= 0.6 is 23.2 Å². The van der Waals surface area contributed by atoms with E-state index in [1.54, 1.807) is 32.0 Å².